The minimum Gasteiger partial charge on any atom is -0.467 e. The average molecular weight is 228 g/mol. The summed E-state index contributed by atoms with van der Waals surface area (Å²) < 4.78 is 6.97. The SMILES string of the molecule is Cc1cccc2[nH]c(=O)n(Cc3ccco3)c12. The molecule has 0 aliphatic heterocycles. The summed E-state index contributed by atoms with van der Waals surface area (Å²) >= 11 is 0. The quantitative estimate of drug-likeness (QED) is 0.731. The third-order valence-electron chi connectivity index (χ3n) is 2.89. The standard InChI is InChI=1S/C13H12N2O2/c1-9-4-2-6-11-12(9)15(13(16)14-11)8-10-5-3-7-17-10/h2-7H,8H2,1H3,(H,14,16). The van der Waals surface area contributed by atoms with E-state index >= 15 is 0 Å². The Bertz CT molecular complexity index is 705. The van der Waals surface area contributed by atoms with Crippen molar-refractivity contribution in [3.63, 3.8) is 0 Å². The van der Waals surface area contributed by atoms with Crippen LogP contribution >= 0.6 is 0 Å². The molecule has 86 valence electrons. The first kappa shape index (κ1) is 9.96. The second-order valence-corrected chi connectivity index (χ2v) is 4.07. The van der Waals surface area contributed by atoms with E-state index in [1.807, 2.05) is 37.3 Å². The van der Waals surface area contributed by atoms with Crippen LogP contribution < -0.4 is 5.69 Å². The van der Waals surface area contributed by atoms with Gasteiger partial charge >= 0.3 is 5.69 Å². The fourth-order valence-electron chi connectivity index (χ4n) is 2.11. The molecule has 0 radical (unpaired) electrons. The molecule has 4 nitrogen and oxygen atoms in total. The molecule has 4 heteroatoms. The van der Waals surface area contributed by atoms with Gasteiger partial charge in [-0.1, -0.05) is 12.1 Å². The van der Waals surface area contributed by atoms with Crippen LogP contribution in [0.3, 0.4) is 0 Å². The topological polar surface area (TPSA) is 50.9 Å². The second-order valence-electron chi connectivity index (χ2n) is 4.07. The lowest BCUT2D eigenvalue weighted by atomic mass is 10.2. The van der Waals surface area contributed by atoms with Crippen LogP contribution in [0.4, 0.5) is 0 Å². The Morgan fingerprint density at radius 1 is 1.29 bits per heavy atom. The van der Waals surface area contributed by atoms with Crippen LogP contribution in [-0.2, 0) is 6.54 Å². The maximum Gasteiger partial charge on any atom is 0.326 e. The van der Waals surface area contributed by atoms with E-state index in [4.69, 9.17) is 4.42 Å². The fraction of sp³-hybridized carbons (Fsp3) is 0.154. The van der Waals surface area contributed by atoms with Crippen LogP contribution in [-0.4, -0.2) is 9.55 Å². The predicted molar refractivity (Wildman–Crippen MR) is 65.1 cm³/mol. The molecule has 0 fully saturated rings. The van der Waals surface area contributed by atoms with Crippen molar-refractivity contribution in [1.82, 2.24) is 9.55 Å². The molecule has 3 aromatic rings. The summed E-state index contributed by atoms with van der Waals surface area (Å²) in [5.74, 6) is 0.774. The highest BCUT2D eigenvalue weighted by Crippen LogP contribution is 2.16. The van der Waals surface area contributed by atoms with E-state index < -0.39 is 0 Å². The zero-order valence-corrected chi connectivity index (χ0v) is 9.43. The van der Waals surface area contributed by atoms with Crippen molar-refractivity contribution in [2.75, 3.05) is 0 Å². The molecule has 3 rings (SSSR count). The number of nitrogens with zero attached hydrogens (tertiary/aromatic N) is 1. The van der Waals surface area contributed by atoms with E-state index in [0.717, 1.165) is 22.4 Å². The molecule has 17 heavy (non-hydrogen) atoms. The van der Waals surface area contributed by atoms with Gasteiger partial charge in [0.25, 0.3) is 0 Å². The van der Waals surface area contributed by atoms with Gasteiger partial charge in [-0.3, -0.25) is 4.57 Å². The van der Waals surface area contributed by atoms with Crippen LogP contribution in [0.25, 0.3) is 11.0 Å². The van der Waals surface area contributed by atoms with Gasteiger partial charge in [0.2, 0.25) is 0 Å². The van der Waals surface area contributed by atoms with Gasteiger partial charge in [0.1, 0.15) is 5.76 Å². The normalized spacial score (nSPS) is 11.1. The number of nitrogens with one attached hydrogen (secondary N) is 1. The van der Waals surface area contributed by atoms with Crippen molar-refractivity contribution in [3.05, 3.63) is 58.4 Å². The molecule has 1 aromatic carbocycles. The Morgan fingerprint density at radius 3 is 2.94 bits per heavy atom. The molecule has 0 bridgehead atoms. The molecule has 0 saturated carbocycles. The van der Waals surface area contributed by atoms with Crippen LogP contribution in [0, 0.1) is 6.92 Å². The zero-order valence-electron chi connectivity index (χ0n) is 9.43. The smallest absolute Gasteiger partial charge is 0.326 e. The van der Waals surface area contributed by atoms with E-state index in [0.29, 0.717) is 6.54 Å². The molecular formula is C13H12N2O2. The molecular weight excluding hydrogens is 216 g/mol. The minimum atomic E-state index is -0.106. The lowest BCUT2D eigenvalue weighted by Gasteiger charge is -2.02. The highest BCUT2D eigenvalue weighted by molar-refractivity contribution is 5.78. The van der Waals surface area contributed by atoms with Crippen LogP contribution in [0.1, 0.15) is 11.3 Å². The summed E-state index contributed by atoms with van der Waals surface area (Å²) in [6.45, 7) is 2.45. The summed E-state index contributed by atoms with van der Waals surface area (Å²) in [5, 5.41) is 0. The number of hydrogen-bond donors (Lipinski definition) is 1. The predicted octanol–water partition coefficient (Wildman–Crippen LogP) is 2.28. The monoisotopic (exact) mass is 228 g/mol. The molecule has 0 saturated heterocycles. The van der Waals surface area contributed by atoms with Gasteiger partial charge in [0.15, 0.2) is 0 Å². The van der Waals surface area contributed by atoms with Crippen molar-refractivity contribution < 1.29 is 4.42 Å². The van der Waals surface area contributed by atoms with Gasteiger partial charge in [-0.2, -0.15) is 0 Å². The average Bonchev–Trinajstić information content (AvgIpc) is 2.89. The van der Waals surface area contributed by atoms with E-state index in [-0.39, 0.29) is 5.69 Å². The Labute approximate surface area is 97.5 Å². The van der Waals surface area contributed by atoms with Crippen LogP contribution in [0.5, 0.6) is 0 Å². The first-order chi connectivity index (χ1) is 8.25. The molecule has 0 unspecified atom stereocenters. The highest BCUT2D eigenvalue weighted by atomic mass is 16.3. The summed E-state index contributed by atoms with van der Waals surface area (Å²) in [4.78, 5) is 14.7. The van der Waals surface area contributed by atoms with E-state index in [1.54, 1.807) is 10.8 Å². The van der Waals surface area contributed by atoms with Gasteiger partial charge < -0.3 is 9.40 Å². The third kappa shape index (κ3) is 1.58. The first-order valence-corrected chi connectivity index (χ1v) is 5.46. The number of aryl methyl sites for hydroxylation is 1. The summed E-state index contributed by atoms with van der Waals surface area (Å²) in [7, 11) is 0. The molecule has 0 amide bonds. The Morgan fingerprint density at radius 2 is 2.18 bits per heavy atom. The summed E-state index contributed by atoms with van der Waals surface area (Å²) in [5.41, 5.74) is 2.77. The molecule has 2 aromatic heterocycles. The summed E-state index contributed by atoms with van der Waals surface area (Å²) in [6.07, 6.45) is 1.61. The Balaban J connectivity index is 2.21. The van der Waals surface area contributed by atoms with Gasteiger partial charge in [-0.15, -0.1) is 0 Å². The summed E-state index contributed by atoms with van der Waals surface area (Å²) in [6, 6.07) is 9.52. The molecule has 0 aliphatic carbocycles. The van der Waals surface area contributed by atoms with Crippen molar-refractivity contribution in [1.29, 1.82) is 0 Å². The number of furan rings is 1. The van der Waals surface area contributed by atoms with Crippen molar-refractivity contribution in [2.24, 2.45) is 0 Å². The van der Waals surface area contributed by atoms with Gasteiger partial charge in [0, 0.05) is 0 Å². The number of aromatic nitrogens is 2. The van der Waals surface area contributed by atoms with Gasteiger partial charge in [0.05, 0.1) is 23.8 Å². The van der Waals surface area contributed by atoms with E-state index in [1.165, 1.54) is 0 Å². The number of rotatable bonds is 2. The minimum absolute atomic E-state index is 0.106. The molecule has 0 spiro atoms. The number of benzene rings is 1. The second kappa shape index (κ2) is 3.66. The Kier molecular flexibility index (Phi) is 2.14. The number of H-pyrrole nitrogens is 1. The largest absolute Gasteiger partial charge is 0.467 e. The zero-order chi connectivity index (χ0) is 11.8. The van der Waals surface area contributed by atoms with E-state index in [9.17, 15) is 4.79 Å². The number of fused-ring (bicyclic) bond motifs is 1. The lowest BCUT2D eigenvalue weighted by molar-refractivity contribution is 0.493. The number of para-hydroxylation sites is 1. The number of aromatic amines is 1. The highest BCUT2D eigenvalue weighted by Gasteiger charge is 2.09. The van der Waals surface area contributed by atoms with Crippen molar-refractivity contribution >= 4 is 11.0 Å². The number of hydrogen-bond acceptors (Lipinski definition) is 2. The molecule has 0 aliphatic rings. The number of imidazole rings is 1. The maximum atomic E-state index is 11.9. The van der Waals surface area contributed by atoms with Crippen LogP contribution in [0.2, 0.25) is 0 Å². The van der Waals surface area contributed by atoms with Crippen LogP contribution in [0.15, 0.2) is 45.8 Å². The molecule has 1 N–H and O–H groups in total. The Hall–Kier alpha value is -2.23. The maximum absolute atomic E-state index is 11.9. The van der Waals surface area contributed by atoms with Crippen molar-refractivity contribution in [2.45, 2.75) is 13.5 Å². The lowest BCUT2D eigenvalue weighted by Crippen LogP contribution is -2.17. The molecule has 2 heterocycles. The van der Waals surface area contributed by atoms with Crippen molar-refractivity contribution in [3.8, 4) is 0 Å². The first-order valence-electron chi connectivity index (χ1n) is 5.46. The van der Waals surface area contributed by atoms with Gasteiger partial charge in [-0.25, -0.2) is 4.79 Å². The third-order valence-corrected chi connectivity index (χ3v) is 2.89. The van der Waals surface area contributed by atoms with E-state index in [2.05, 4.69) is 4.98 Å². The van der Waals surface area contributed by atoms with Gasteiger partial charge in [-0.05, 0) is 30.7 Å². The molecule has 0 atom stereocenters. The fourth-order valence-corrected chi connectivity index (χ4v) is 2.11.